The number of nitrogens with zero attached hydrogens (tertiary/aromatic N) is 3. The van der Waals surface area contributed by atoms with Crippen LogP contribution >= 0.6 is 12.4 Å². The molecule has 1 aromatic heterocycles. The molecule has 0 saturated heterocycles. The molecule has 0 radical (unpaired) electrons. The third-order valence-corrected chi connectivity index (χ3v) is 4.43. The lowest BCUT2D eigenvalue weighted by atomic mass is 10.0. The predicted octanol–water partition coefficient (Wildman–Crippen LogP) is 2.06. The van der Waals surface area contributed by atoms with Crippen molar-refractivity contribution in [3.05, 3.63) is 52.3 Å². The van der Waals surface area contributed by atoms with Crippen molar-refractivity contribution < 1.29 is 9.72 Å². The maximum atomic E-state index is 12.3. The molecule has 2 aromatic rings. The Morgan fingerprint density at radius 1 is 1.32 bits per heavy atom. The average molecular weight is 366 g/mol. The maximum absolute atomic E-state index is 12.3. The van der Waals surface area contributed by atoms with Crippen molar-refractivity contribution in [3.63, 3.8) is 0 Å². The van der Waals surface area contributed by atoms with Gasteiger partial charge in [-0.2, -0.15) is 5.10 Å². The van der Waals surface area contributed by atoms with Gasteiger partial charge in [0.25, 0.3) is 11.6 Å². The minimum atomic E-state index is -0.457. The maximum Gasteiger partial charge on any atom is 0.272 e. The van der Waals surface area contributed by atoms with Crippen LogP contribution < -0.4 is 11.1 Å². The van der Waals surface area contributed by atoms with Crippen LogP contribution in [0.2, 0.25) is 0 Å². The van der Waals surface area contributed by atoms with E-state index in [9.17, 15) is 14.9 Å². The van der Waals surface area contributed by atoms with Crippen LogP contribution in [0.1, 0.15) is 29.8 Å². The SMILES string of the molecule is Cl.NCC1CCCC1NC(=O)c1ccn(-c2ccc([N+](=O)[O-])cc2)n1. The summed E-state index contributed by atoms with van der Waals surface area (Å²) in [6.45, 7) is 0.572. The summed E-state index contributed by atoms with van der Waals surface area (Å²) in [5.74, 6) is 0.103. The topological polar surface area (TPSA) is 116 Å². The Morgan fingerprint density at radius 3 is 2.68 bits per heavy atom. The molecule has 0 bridgehead atoms. The first-order valence-corrected chi connectivity index (χ1v) is 7.90. The third kappa shape index (κ3) is 4.15. The van der Waals surface area contributed by atoms with Crippen molar-refractivity contribution in [2.24, 2.45) is 11.7 Å². The molecule has 134 valence electrons. The van der Waals surface area contributed by atoms with Gasteiger partial charge in [0.15, 0.2) is 5.69 Å². The van der Waals surface area contributed by atoms with Gasteiger partial charge in [-0.3, -0.25) is 14.9 Å². The molecule has 1 amide bonds. The Hall–Kier alpha value is -2.45. The fourth-order valence-corrected chi connectivity index (χ4v) is 3.07. The second-order valence-corrected chi connectivity index (χ2v) is 5.93. The van der Waals surface area contributed by atoms with Gasteiger partial charge in [-0.1, -0.05) is 6.42 Å². The van der Waals surface area contributed by atoms with E-state index < -0.39 is 4.92 Å². The Kier molecular flexibility index (Phi) is 6.11. The number of amides is 1. The number of non-ortho nitro benzene ring substituents is 1. The van der Waals surface area contributed by atoms with Gasteiger partial charge in [-0.15, -0.1) is 12.4 Å². The molecule has 1 saturated carbocycles. The molecule has 3 rings (SSSR count). The molecule has 1 heterocycles. The van der Waals surface area contributed by atoms with Crippen molar-refractivity contribution in [2.45, 2.75) is 25.3 Å². The Bertz CT molecular complexity index is 746. The van der Waals surface area contributed by atoms with Crippen LogP contribution in [0, 0.1) is 16.0 Å². The minimum absolute atomic E-state index is 0. The Balaban J connectivity index is 0.00000225. The smallest absolute Gasteiger partial charge is 0.272 e. The number of nitro groups is 1. The molecule has 9 heteroatoms. The van der Waals surface area contributed by atoms with E-state index >= 15 is 0 Å². The number of hydrogen-bond acceptors (Lipinski definition) is 5. The van der Waals surface area contributed by atoms with Crippen molar-refractivity contribution in [2.75, 3.05) is 6.54 Å². The molecule has 0 aliphatic heterocycles. The van der Waals surface area contributed by atoms with Crippen molar-refractivity contribution in [1.29, 1.82) is 0 Å². The summed E-state index contributed by atoms with van der Waals surface area (Å²) in [7, 11) is 0. The van der Waals surface area contributed by atoms with Crippen LogP contribution in [0.4, 0.5) is 5.69 Å². The molecular weight excluding hydrogens is 346 g/mol. The summed E-state index contributed by atoms with van der Waals surface area (Å²) >= 11 is 0. The zero-order valence-electron chi connectivity index (χ0n) is 13.5. The highest BCUT2D eigenvalue weighted by atomic mass is 35.5. The molecule has 1 aliphatic carbocycles. The zero-order valence-corrected chi connectivity index (χ0v) is 14.3. The third-order valence-electron chi connectivity index (χ3n) is 4.43. The van der Waals surface area contributed by atoms with E-state index in [1.165, 1.54) is 16.8 Å². The zero-order chi connectivity index (χ0) is 17.1. The molecule has 25 heavy (non-hydrogen) atoms. The standard InChI is InChI=1S/C16H19N5O3.ClH/c17-10-11-2-1-3-14(11)18-16(22)15-8-9-20(19-15)12-4-6-13(7-5-12)21(23)24;/h4-9,11,14H,1-3,10,17H2,(H,18,22);1H. The minimum Gasteiger partial charge on any atom is -0.348 e. The summed E-state index contributed by atoms with van der Waals surface area (Å²) in [5.41, 5.74) is 6.71. The van der Waals surface area contributed by atoms with Crippen LogP contribution in [-0.4, -0.2) is 33.2 Å². The van der Waals surface area contributed by atoms with E-state index in [1.807, 2.05) is 0 Å². The number of rotatable bonds is 5. The second-order valence-electron chi connectivity index (χ2n) is 5.93. The summed E-state index contributed by atoms with van der Waals surface area (Å²) in [4.78, 5) is 22.6. The molecule has 0 spiro atoms. The number of aromatic nitrogens is 2. The van der Waals surface area contributed by atoms with E-state index in [1.54, 1.807) is 24.4 Å². The lowest BCUT2D eigenvalue weighted by Gasteiger charge is -2.18. The predicted molar refractivity (Wildman–Crippen MR) is 95.1 cm³/mol. The number of benzene rings is 1. The molecule has 8 nitrogen and oxygen atoms in total. The van der Waals surface area contributed by atoms with Gasteiger partial charge in [-0.05, 0) is 43.5 Å². The summed E-state index contributed by atoms with van der Waals surface area (Å²) in [6, 6.07) is 7.72. The number of carbonyl (C=O) groups is 1. The van der Waals surface area contributed by atoms with Gasteiger partial charge in [0.2, 0.25) is 0 Å². The highest BCUT2D eigenvalue weighted by Gasteiger charge is 2.28. The van der Waals surface area contributed by atoms with E-state index in [4.69, 9.17) is 5.73 Å². The Morgan fingerprint density at radius 2 is 2.04 bits per heavy atom. The number of nitro benzene ring substituents is 1. The van der Waals surface area contributed by atoms with Crippen LogP contribution in [0.3, 0.4) is 0 Å². The molecule has 1 aliphatic rings. The fourth-order valence-electron chi connectivity index (χ4n) is 3.07. The van der Waals surface area contributed by atoms with Gasteiger partial charge in [0.1, 0.15) is 0 Å². The lowest BCUT2D eigenvalue weighted by Crippen LogP contribution is -2.40. The second kappa shape index (κ2) is 8.09. The molecule has 1 aromatic carbocycles. The van der Waals surface area contributed by atoms with Gasteiger partial charge in [0, 0.05) is 24.4 Å². The molecule has 2 unspecified atom stereocenters. The largest absolute Gasteiger partial charge is 0.348 e. The van der Waals surface area contributed by atoms with Gasteiger partial charge >= 0.3 is 0 Å². The number of halogens is 1. The molecule has 3 N–H and O–H groups in total. The molecular formula is C16H20ClN5O3. The van der Waals surface area contributed by atoms with E-state index in [-0.39, 0.29) is 30.0 Å². The van der Waals surface area contributed by atoms with E-state index in [2.05, 4.69) is 10.4 Å². The normalized spacial score (nSPS) is 19.2. The average Bonchev–Trinajstić information content (AvgIpc) is 3.24. The van der Waals surface area contributed by atoms with Gasteiger partial charge < -0.3 is 11.1 Å². The van der Waals surface area contributed by atoms with E-state index in [0.717, 1.165) is 19.3 Å². The van der Waals surface area contributed by atoms with Gasteiger partial charge in [0.05, 0.1) is 10.6 Å². The number of nitrogens with two attached hydrogens (primary N) is 1. The molecule has 2 atom stereocenters. The number of hydrogen-bond donors (Lipinski definition) is 2. The first kappa shape index (κ1) is 18.9. The Labute approximate surface area is 151 Å². The van der Waals surface area contributed by atoms with Crippen molar-refractivity contribution in [3.8, 4) is 5.69 Å². The van der Waals surface area contributed by atoms with Crippen LogP contribution in [0.5, 0.6) is 0 Å². The fraction of sp³-hybridized carbons (Fsp3) is 0.375. The van der Waals surface area contributed by atoms with Crippen LogP contribution in [0.25, 0.3) is 5.69 Å². The highest BCUT2D eigenvalue weighted by molar-refractivity contribution is 5.92. The van der Waals surface area contributed by atoms with Crippen LogP contribution in [0.15, 0.2) is 36.5 Å². The van der Waals surface area contributed by atoms with E-state index in [0.29, 0.717) is 23.8 Å². The van der Waals surface area contributed by atoms with Crippen molar-refractivity contribution >= 4 is 24.0 Å². The quantitative estimate of drug-likeness (QED) is 0.621. The molecule has 1 fully saturated rings. The highest BCUT2D eigenvalue weighted by Crippen LogP contribution is 2.24. The van der Waals surface area contributed by atoms with Crippen molar-refractivity contribution in [1.82, 2.24) is 15.1 Å². The van der Waals surface area contributed by atoms with Gasteiger partial charge in [-0.25, -0.2) is 4.68 Å². The number of carbonyl (C=O) groups excluding carboxylic acids is 1. The lowest BCUT2D eigenvalue weighted by molar-refractivity contribution is -0.384. The van der Waals surface area contributed by atoms with Crippen LogP contribution in [-0.2, 0) is 0 Å². The summed E-state index contributed by atoms with van der Waals surface area (Å²) in [5, 5.41) is 17.9. The first-order chi connectivity index (χ1) is 11.6. The first-order valence-electron chi connectivity index (χ1n) is 7.90. The number of nitrogens with one attached hydrogen (secondary N) is 1. The summed E-state index contributed by atoms with van der Waals surface area (Å²) in [6.07, 6.45) is 4.71. The monoisotopic (exact) mass is 365 g/mol. The summed E-state index contributed by atoms with van der Waals surface area (Å²) < 4.78 is 1.52.